The molecule has 10 heteroatoms. The molecule has 1 N–H and O–H groups in total. The summed E-state index contributed by atoms with van der Waals surface area (Å²) in [6.45, 7) is 4.25. The van der Waals surface area contributed by atoms with Gasteiger partial charge in [0.15, 0.2) is 22.5 Å². The van der Waals surface area contributed by atoms with Gasteiger partial charge in [0.1, 0.15) is 6.61 Å². The first kappa shape index (κ1) is 24.1. The first-order chi connectivity index (χ1) is 15.9. The van der Waals surface area contributed by atoms with E-state index in [1.165, 1.54) is 11.8 Å². The molecular weight excluding hydrogens is 444 g/mol. The first-order valence-electron chi connectivity index (χ1n) is 10.3. The van der Waals surface area contributed by atoms with Crippen LogP contribution in [0.1, 0.15) is 28.7 Å². The molecule has 174 valence electrons. The van der Waals surface area contributed by atoms with Crippen molar-refractivity contribution in [2.75, 3.05) is 24.8 Å². The molecular formula is C23H26N4O5S. The lowest BCUT2D eigenvalue weighted by atomic mass is 10.2. The van der Waals surface area contributed by atoms with Gasteiger partial charge in [0.2, 0.25) is 5.91 Å². The topological polar surface area (TPSA) is 105 Å². The second-order valence-electron chi connectivity index (χ2n) is 7.04. The van der Waals surface area contributed by atoms with Crippen LogP contribution >= 0.6 is 11.8 Å². The summed E-state index contributed by atoms with van der Waals surface area (Å²) in [4.78, 5) is 24.0. The predicted octanol–water partition coefficient (Wildman–Crippen LogP) is 3.62. The van der Waals surface area contributed by atoms with Gasteiger partial charge in [-0.1, -0.05) is 17.8 Å². The van der Waals surface area contributed by atoms with Crippen LogP contribution in [-0.2, 0) is 23.2 Å². The van der Waals surface area contributed by atoms with Gasteiger partial charge in [-0.2, -0.15) is 0 Å². The molecule has 1 amide bonds. The summed E-state index contributed by atoms with van der Waals surface area (Å²) in [6, 6.07) is 12.2. The molecule has 0 aliphatic rings. The van der Waals surface area contributed by atoms with Gasteiger partial charge in [-0.05, 0) is 55.8 Å². The minimum atomic E-state index is -0.395. The third kappa shape index (κ3) is 6.48. The molecule has 0 aliphatic carbocycles. The van der Waals surface area contributed by atoms with Crippen LogP contribution in [0.15, 0.2) is 47.6 Å². The summed E-state index contributed by atoms with van der Waals surface area (Å²) in [5.41, 5.74) is 2.10. The Kier molecular flexibility index (Phi) is 8.31. The molecule has 1 heterocycles. The second kappa shape index (κ2) is 11.4. The maximum absolute atomic E-state index is 12.3. The number of rotatable bonds is 10. The normalized spacial score (nSPS) is 10.5. The highest BCUT2D eigenvalue weighted by atomic mass is 32.2. The Balaban J connectivity index is 1.52. The zero-order valence-electron chi connectivity index (χ0n) is 19.0. The molecule has 0 unspecified atom stereocenters. The molecule has 0 spiro atoms. The van der Waals surface area contributed by atoms with Crippen molar-refractivity contribution in [2.45, 2.75) is 25.6 Å². The summed E-state index contributed by atoms with van der Waals surface area (Å²) < 4.78 is 17.9. The van der Waals surface area contributed by atoms with E-state index in [0.29, 0.717) is 40.3 Å². The molecule has 0 bridgehead atoms. The number of nitrogens with zero attached hydrogens (tertiary/aromatic N) is 3. The Hall–Kier alpha value is -3.53. The smallest absolute Gasteiger partial charge is 0.338 e. The van der Waals surface area contributed by atoms with Crippen LogP contribution in [0.2, 0.25) is 0 Å². The lowest BCUT2D eigenvalue weighted by molar-refractivity contribution is -0.113. The van der Waals surface area contributed by atoms with Crippen molar-refractivity contribution >= 4 is 29.3 Å². The molecule has 0 fully saturated rings. The van der Waals surface area contributed by atoms with Gasteiger partial charge in [-0.3, -0.25) is 4.79 Å². The van der Waals surface area contributed by atoms with E-state index < -0.39 is 5.97 Å². The first-order valence-corrected chi connectivity index (χ1v) is 11.2. The number of benzene rings is 2. The van der Waals surface area contributed by atoms with Crippen LogP contribution in [0, 0.1) is 6.92 Å². The van der Waals surface area contributed by atoms with Gasteiger partial charge >= 0.3 is 5.97 Å². The fraction of sp³-hybridized carbons (Fsp3) is 0.304. The van der Waals surface area contributed by atoms with Gasteiger partial charge in [0.05, 0.1) is 25.0 Å². The van der Waals surface area contributed by atoms with Crippen LogP contribution < -0.4 is 14.8 Å². The molecule has 0 aliphatic heterocycles. The van der Waals surface area contributed by atoms with Crippen molar-refractivity contribution in [3.05, 3.63) is 59.4 Å². The van der Waals surface area contributed by atoms with Crippen molar-refractivity contribution in [3.8, 4) is 11.5 Å². The van der Waals surface area contributed by atoms with E-state index in [1.807, 2.05) is 32.2 Å². The summed E-state index contributed by atoms with van der Waals surface area (Å²) in [5.74, 6) is 1.45. The molecule has 0 radical (unpaired) electrons. The van der Waals surface area contributed by atoms with Gasteiger partial charge in [0, 0.05) is 12.7 Å². The highest BCUT2D eigenvalue weighted by Crippen LogP contribution is 2.28. The fourth-order valence-electron chi connectivity index (χ4n) is 2.86. The summed E-state index contributed by atoms with van der Waals surface area (Å²) in [6.07, 6.45) is 0. The Morgan fingerprint density at radius 3 is 2.55 bits per heavy atom. The van der Waals surface area contributed by atoms with E-state index in [2.05, 4.69) is 15.5 Å². The number of nitrogens with one attached hydrogen (secondary N) is 1. The SMILES string of the molecule is CCOC(=O)c1ccc(NC(=O)CSc2nnc(COc3ccc(C)cc3OC)n2C)cc1. The molecule has 0 saturated heterocycles. The zero-order chi connectivity index (χ0) is 23.8. The van der Waals surface area contributed by atoms with E-state index in [4.69, 9.17) is 14.2 Å². The summed E-state index contributed by atoms with van der Waals surface area (Å²) in [5, 5.41) is 11.7. The average molecular weight is 471 g/mol. The molecule has 9 nitrogen and oxygen atoms in total. The van der Waals surface area contributed by atoms with Crippen molar-refractivity contribution < 1.29 is 23.8 Å². The fourth-order valence-corrected chi connectivity index (χ4v) is 3.59. The standard InChI is InChI=1S/C23H26N4O5S/c1-5-31-22(29)16-7-9-17(10-8-16)24-21(28)14-33-23-26-25-20(27(23)3)13-32-18-11-6-15(2)12-19(18)30-4/h6-12H,5,13-14H2,1-4H3,(H,24,28). The Bertz CT molecular complexity index is 1110. The number of anilines is 1. The maximum Gasteiger partial charge on any atom is 0.338 e. The second-order valence-corrected chi connectivity index (χ2v) is 7.98. The van der Waals surface area contributed by atoms with Crippen LogP contribution in [0.3, 0.4) is 0 Å². The minimum absolute atomic E-state index is 0.151. The van der Waals surface area contributed by atoms with E-state index in [0.717, 1.165) is 5.56 Å². The van der Waals surface area contributed by atoms with Crippen LogP contribution in [0.5, 0.6) is 11.5 Å². The Morgan fingerprint density at radius 2 is 1.85 bits per heavy atom. The van der Waals surface area contributed by atoms with Crippen molar-refractivity contribution in [1.82, 2.24) is 14.8 Å². The molecule has 0 saturated carbocycles. The molecule has 3 aromatic rings. The monoisotopic (exact) mass is 470 g/mol. The van der Waals surface area contributed by atoms with Gasteiger partial charge in [0.25, 0.3) is 0 Å². The summed E-state index contributed by atoms with van der Waals surface area (Å²) >= 11 is 1.26. The number of amides is 1. The highest BCUT2D eigenvalue weighted by molar-refractivity contribution is 7.99. The number of carbonyl (C=O) groups excluding carboxylic acids is 2. The average Bonchev–Trinajstić information content (AvgIpc) is 3.16. The van der Waals surface area contributed by atoms with E-state index in [9.17, 15) is 9.59 Å². The van der Waals surface area contributed by atoms with Crippen LogP contribution in [-0.4, -0.2) is 46.1 Å². The molecule has 33 heavy (non-hydrogen) atoms. The number of aromatic nitrogens is 3. The number of methoxy groups -OCH3 is 1. The van der Waals surface area contributed by atoms with Gasteiger partial charge in [-0.25, -0.2) is 4.79 Å². The largest absolute Gasteiger partial charge is 0.493 e. The Morgan fingerprint density at radius 1 is 1.09 bits per heavy atom. The van der Waals surface area contributed by atoms with Crippen LogP contribution in [0.25, 0.3) is 0 Å². The number of thioether (sulfide) groups is 1. The number of hydrogen-bond acceptors (Lipinski definition) is 8. The number of esters is 1. The predicted molar refractivity (Wildman–Crippen MR) is 125 cm³/mol. The minimum Gasteiger partial charge on any atom is -0.493 e. The van der Waals surface area contributed by atoms with E-state index in [1.54, 1.807) is 42.9 Å². The van der Waals surface area contributed by atoms with Crippen LogP contribution in [0.4, 0.5) is 5.69 Å². The lowest BCUT2D eigenvalue weighted by Crippen LogP contribution is -2.15. The number of aryl methyl sites for hydroxylation is 1. The Labute approximate surface area is 196 Å². The highest BCUT2D eigenvalue weighted by Gasteiger charge is 2.14. The molecule has 2 aromatic carbocycles. The number of hydrogen-bond donors (Lipinski definition) is 1. The third-order valence-corrected chi connectivity index (χ3v) is 5.63. The van der Waals surface area contributed by atoms with E-state index in [-0.39, 0.29) is 18.3 Å². The lowest BCUT2D eigenvalue weighted by Gasteiger charge is -2.11. The van der Waals surface area contributed by atoms with Crippen molar-refractivity contribution in [1.29, 1.82) is 0 Å². The van der Waals surface area contributed by atoms with E-state index >= 15 is 0 Å². The molecule has 1 aromatic heterocycles. The quantitative estimate of drug-likeness (QED) is 0.354. The van der Waals surface area contributed by atoms with Crippen molar-refractivity contribution in [2.24, 2.45) is 7.05 Å². The maximum atomic E-state index is 12.3. The number of ether oxygens (including phenoxy) is 3. The third-order valence-electron chi connectivity index (χ3n) is 4.61. The zero-order valence-corrected chi connectivity index (χ0v) is 19.8. The van der Waals surface area contributed by atoms with Crippen molar-refractivity contribution in [3.63, 3.8) is 0 Å². The van der Waals surface area contributed by atoms with Gasteiger partial charge < -0.3 is 24.1 Å². The molecule has 0 atom stereocenters. The molecule has 3 rings (SSSR count). The summed E-state index contributed by atoms with van der Waals surface area (Å²) in [7, 11) is 3.41. The number of carbonyl (C=O) groups is 2. The van der Waals surface area contributed by atoms with Gasteiger partial charge in [-0.15, -0.1) is 10.2 Å².